The Labute approximate surface area is 101 Å². The van der Waals surface area contributed by atoms with Gasteiger partial charge in [-0.25, -0.2) is 0 Å². The molecule has 0 saturated carbocycles. The van der Waals surface area contributed by atoms with Crippen LogP contribution in [0.4, 0.5) is 0 Å². The number of nitrogens with one attached hydrogen (secondary N) is 1. The summed E-state index contributed by atoms with van der Waals surface area (Å²) in [5, 5.41) is 3.53. The van der Waals surface area contributed by atoms with Gasteiger partial charge in [0.2, 0.25) is 0 Å². The molecule has 1 fully saturated rings. The molecule has 0 amide bonds. The fourth-order valence-corrected chi connectivity index (χ4v) is 2.75. The lowest BCUT2D eigenvalue weighted by Crippen LogP contribution is -2.53. The molecule has 0 aliphatic carbocycles. The highest BCUT2D eigenvalue weighted by Gasteiger charge is 2.20. The van der Waals surface area contributed by atoms with Crippen molar-refractivity contribution in [3.05, 3.63) is 16.6 Å². The maximum atomic E-state index is 4.10. The van der Waals surface area contributed by atoms with E-state index < -0.39 is 0 Å². The first kappa shape index (κ1) is 12.9. The molecular formula is C10H18ClN3S. The number of hydrogen-bond acceptors (Lipinski definition) is 4. The van der Waals surface area contributed by atoms with Crippen molar-refractivity contribution >= 4 is 23.7 Å². The van der Waals surface area contributed by atoms with E-state index >= 15 is 0 Å². The second kappa shape index (κ2) is 5.80. The first-order valence-electron chi connectivity index (χ1n) is 5.10. The summed E-state index contributed by atoms with van der Waals surface area (Å²) in [4.78, 5) is 7.97. The van der Waals surface area contributed by atoms with Gasteiger partial charge in [0, 0.05) is 42.8 Å². The molecule has 5 heteroatoms. The summed E-state index contributed by atoms with van der Waals surface area (Å²) in [6.45, 7) is 7.83. The van der Waals surface area contributed by atoms with E-state index in [1.54, 1.807) is 11.3 Å². The SMILES string of the molecule is CC1CN(Cc2cncs2)CC(C)N1.Cl. The third kappa shape index (κ3) is 3.72. The van der Waals surface area contributed by atoms with Crippen molar-refractivity contribution in [2.75, 3.05) is 13.1 Å². The second-order valence-corrected chi connectivity index (χ2v) is 5.10. The molecule has 2 heterocycles. The number of aromatic nitrogens is 1. The first-order chi connectivity index (χ1) is 6.74. The summed E-state index contributed by atoms with van der Waals surface area (Å²) in [5.41, 5.74) is 1.91. The molecule has 86 valence electrons. The monoisotopic (exact) mass is 247 g/mol. The van der Waals surface area contributed by atoms with Gasteiger partial charge in [0.1, 0.15) is 0 Å². The van der Waals surface area contributed by atoms with Crippen LogP contribution in [0.3, 0.4) is 0 Å². The summed E-state index contributed by atoms with van der Waals surface area (Å²) in [5.74, 6) is 0. The van der Waals surface area contributed by atoms with Crippen LogP contribution >= 0.6 is 23.7 Å². The van der Waals surface area contributed by atoms with Crippen LogP contribution in [0.25, 0.3) is 0 Å². The Morgan fingerprint density at radius 1 is 1.47 bits per heavy atom. The van der Waals surface area contributed by atoms with E-state index in [-0.39, 0.29) is 12.4 Å². The molecule has 1 N–H and O–H groups in total. The highest BCUT2D eigenvalue weighted by Crippen LogP contribution is 2.12. The van der Waals surface area contributed by atoms with Gasteiger partial charge in [0.25, 0.3) is 0 Å². The highest BCUT2D eigenvalue weighted by molar-refractivity contribution is 7.09. The summed E-state index contributed by atoms with van der Waals surface area (Å²) in [6, 6.07) is 1.21. The molecule has 1 aromatic heterocycles. The average Bonchev–Trinajstić information content (AvgIpc) is 2.54. The van der Waals surface area contributed by atoms with Gasteiger partial charge in [-0.15, -0.1) is 23.7 Å². The number of halogens is 1. The highest BCUT2D eigenvalue weighted by atomic mass is 35.5. The Morgan fingerprint density at radius 3 is 2.67 bits per heavy atom. The number of nitrogens with zero attached hydrogens (tertiary/aromatic N) is 2. The van der Waals surface area contributed by atoms with Crippen molar-refractivity contribution in [3.63, 3.8) is 0 Å². The van der Waals surface area contributed by atoms with Gasteiger partial charge in [-0.1, -0.05) is 0 Å². The smallest absolute Gasteiger partial charge is 0.0794 e. The lowest BCUT2D eigenvalue weighted by molar-refractivity contribution is 0.168. The van der Waals surface area contributed by atoms with Crippen LogP contribution in [0, 0.1) is 0 Å². The van der Waals surface area contributed by atoms with Crippen LogP contribution in [0.2, 0.25) is 0 Å². The van der Waals surface area contributed by atoms with E-state index in [9.17, 15) is 0 Å². The van der Waals surface area contributed by atoms with Crippen LogP contribution < -0.4 is 5.32 Å². The van der Waals surface area contributed by atoms with Crippen molar-refractivity contribution in [1.29, 1.82) is 0 Å². The fourth-order valence-electron chi connectivity index (χ4n) is 2.11. The molecule has 1 saturated heterocycles. The summed E-state index contributed by atoms with van der Waals surface area (Å²) in [6.07, 6.45) is 1.97. The maximum absolute atomic E-state index is 4.10. The van der Waals surface area contributed by atoms with Gasteiger partial charge in [-0.05, 0) is 13.8 Å². The predicted molar refractivity (Wildman–Crippen MR) is 66.7 cm³/mol. The van der Waals surface area contributed by atoms with E-state index in [0.717, 1.165) is 19.6 Å². The Kier molecular flexibility index (Phi) is 4.99. The zero-order chi connectivity index (χ0) is 9.97. The van der Waals surface area contributed by atoms with Crippen molar-refractivity contribution in [2.24, 2.45) is 0 Å². The molecule has 0 aromatic carbocycles. The van der Waals surface area contributed by atoms with Gasteiger partial charge >= 0.3 is 0 Å². The van der Waals surface area contributed by atoms with Gasteiger partial charge in [0.05, 0.1) is 5.51 Å². The van der Waals surface area contributed by atoms with Crippen LogP contribution in [-0.2, 0) is 6.54 Å². The lowest BCUT2D eigenvalue weighted by Gasteiger charge is -2.35. The standard InChI is InChI=1S/C10H17N3S.ClH/c1-8-4-13(5-9(2)12-8)6-10-3-11-7-14-10;/h3,7-9,12H,4-6H2,1-2H3;1H. The molecule has 3 nitrogen and oxygen atoms in total. The largest absolute Gasteiger partial charge is 0.309 e. The number of thiazole rings is 1. The zero-order valence-corrected chi connectivity index (χ0v) is 10.8. The van der Waals surface area contributed by atoms with Gasteiger partial charge < -0.3 is 5.32 Å². The molecule has 15 heavy (non-hydrogen) atoms. The predicted octanol–water partition coefficient (Wildman–Crippen LogP) is 1.75. The molecule has 2 atom stereocenters. The van der Waals surface area contributed by atoms with Crippen LogP contribution in [0.15, 0.2) is 11.7 Å². The Bertz CT molecular complexity index is 268. The number of hydrogen-bond donors (Lipinski definition) is 1. The third-order valence-electron chi connectivity index (χ3n) is 2.50. The maximum Gasteiger partial charge on any atom is 0.0794 e. The molecule has 1 aliphatic heterocycles. The summed E-state index contributed by atoms with van der Waals surface area (Å²) < 4.78 is 0. The lowest BCUT2D eigenvalue weighted by atomic mass is 10.1. The van der Waals surface area contributed by atoms with Crippen molar-refractivity contribution in [2.45, 2.75) is 32.5 Å². The van der Waals surface area contributed by atoms with Crippen molar-refractivity contribution < 1.29 is 0 Å². The van der Waals surface area contributed by atoms with E-state index in [1.807, 2.05) is 11.7 Å². The quantitative estimate of drug-likeness (QED) is 0.863. The minimum atomic E-state index is 0. The van der Waals surface area contributed by atoms with Crippen LogP contribution in [0.5, 0.6) is 0 Å². The molecular weight excluding hydrogens is 230 g/mol. The molecule has 1 aromatic rings. The van der Waals surface area contributed by atoms with E-state index in [4.69, 9.17) is 0 Å². The second-order valence-electron chi connectivity index (χ2n) is 4.13. The Morgan fingerprint density at radius 2 is 2.13 bits per heavy atom. The minimum absolute atomic E-state index is 0. The number of piperazine rings is 1. The average molecular weight is 248 g/mol. The zero-order valence-electron chi connectivity index (χ0n) is 9.14. The fraction of sp³-hybridized carbons (Fsp3) is 0.700. The molecule has 2 unspecified atom stereocenters. The van der Waals surface area contributed by atoms with Crippen molar-refractivity contribution in [3.8, 4) is 0 Å². The van der Waals surface area contributed by atoms with Gasteiger partial charge in [-0.2, -0.15) is 0 Å². The summed E-state index contributed by atoms with van der Waals surface area (Å²) >= 11 is 1.75. The summed E-state index contributed by atoms with van der Waals surface area (Å²) in [7, 11) is 0. The van der Waals surface area contributed by atoms with Gasteiger partial charge in [0.15, 0.2) is 0 Å². The third-order valence-corrected chi connectivity index (χ3v) is 3.26. The van der Waals surface area contributed by atoms with E-state index in [1.165, 1.54) is 4.88 Å². The minimum Gasteiger partial charge on any atom is -0.309 e. The van der Waals surface area contributed by atoms with Crippen LogP contribution in [-0.4, -0.2) is 35.1 Å². The first-order valence-corrected chi connectivity index (χ1v) is 5.98. The molecule has 0 spiro atoms. The van der Waals surface area contributed by atoms with Crippen LogP contribution in [0.1, 0.15) is 18.7 Å². The molecule has 1 aliphatic rings. The molecule has 0 radical (unpaired) electrons. The Hall–Kier alpha value is -0.160. The van der Waals surface area contributed by atoms with E-state index in [0.29, 0.717) is 12.1 Å². The van der Waals surface area contributed by atoms with Crippen molar-refractivity contribution in [1.82, 2.24) is 15.2 Å². The molecule has 0 bridgehead atoms. The van der Waals surface area contributed by atoms with Gasteiger partial charge in [-0.3, -0.25) is 9.88 Å². The van der Waals surface area contributed by atoms with E-state index in [2.05, 4.69) is 29.0 Å². The molecule has 2 rings (SSSR count). The topological polar surface area (TPSA) is 28.2 Å². The Balaban J connectivity index is 0.00000112. The number of rotatable bonds is 2. The normalized spacial score (nSPS) is 27.3.